The van der Waals surface area contributed by atoms with Gasteiger partial charge in [0, 0.05) is 23.1 Å². The standard InChI is InChI=1S/C16H11NO4/c1-10-15(13-4-2-3-5-14(13)21-10)16(18)11-6-8-12(9-7-11)17(19)20/h2-9H,1H3. The van der Waals surface area contributed by atoms with Gasteiger partial charge in [0.25, 0.3) is 5.69 Å². The highest BCUT2D eigenvalue weighted by Gasteiger charge is 2.19. The van der Waals surface area contributed by atoms with E-state index in [-0.39, 0.29) is 11.5 Å². The summed E-state index contributed by atoms with van der Waals surface area (Å²) in [5, 5.41) is 11.4. The lowest BCUT2D eigenvalue weighted by Gasteiger charge is -2.00. The van der Waals surface area contributed by atoms with E-state index in [1.54, 1.807) is 13.0 Å². The molecule has 0 N–H and O–H groups in total. The van der Waals surface area contributed by atoms with Crippen LogP contribution in [0, 0.1) is 17.0 Å². The van der Waals surface area contributed by atoms with E-state index in [4.69, 9.17) is 4.42 Å². The minimum Gasteiger partial charge on any atom is -0.461 e. The Morgan fingerprint density at radius 3 is 2.43 bits per heavy atom. The minimum atomic E-state index is -0.493. The Morgan fingerprint density at radius 1 is 1.10 bits per heavy atom. The predicted molar refractivity (Wildman–Crippen MR) is 77.5 cm³/mol. The molecule has 0 radical (unpaired) electrons. The van der Waals surface area contributed by atoms with Crippen LogP contribution in [-0.2, 0) is 0 Å². The number of hydrogen-bond acceptors (Lipinski definition) is 4. The van der Waals surface area contributed by atoms with Gasteiger partial charge in [0.2, 0.25) is 0 Å². The summed E-state index contributed by atoms with van der Waals surface area (Å²) in [6.45, 7) is 1.73. The molecule has 5 heteroatoms. The number of hydrogen-bond donors (Lipinski definition) is 0. The van der Waals surface area contributed by atoms with Gasteiger partial charge >= 0.3 is 0 Å². The van der Waals surface area contributed by atoms with Gasteiger partial charge in [-0.05, 0) is 25.1 Å². The number of benzene rings is 2. The van der Waals surface area contributed by atoms with Crippen LogP contribution in [0.4, 0.5) is 5.69 Å². The summed E-state index contributed by atoms with van der Waals surface area (Å²) in [5.41, 5.74) is 1.51. The molecule has 0 aliphatic rings. The summed E-state index contributed by atoms with van der Waals surface area (Å²) in [7, 11) is 0. The fourth-order valence-corrected chi connectivity index (χ4v) is 2.33. The molecular weight excluding hydrogens is 270 g/mol. The second-order valence-electron chi connectivity index (χ2n) is 4.66. The molecule has 0 spiro atoms. The van der Waals surface area contributed by atoms with E-state index in [0.29, 0.717) is 22.5 Å². The number of nitro benzene ring substituents is 1. The summed E-state index contributed by atoms with van der Waals surface area (Å²) in [6.07, 6.45) is 0. The van der Waals surface area contributed by atoms with Gasteiger partial charge in [-0.2, -0.15) is 0 Å². The first-order valence-corrected chi connectivity index (χ1v) is 6.35. The van der Waals surface area contributed by atoms with Gasteiger partial charge in [-0.1, -0.05) is 18.2 Å². The molecule has 0 fully saturated rings. The Bertz CT molecular complexity index is 846. The molecule has 2 aromatic carbocycles. The van der Waals surface area contributed by atoms with Crippen LogP contribution in [0.5, 0.6) is 0 Å². The first-order chi connectivity index (χ1) is 10.1. The number of nitrogens with zero attached hydrogens (tertiary/aromatic N) is 1. The van der Waals surface area contributed by atoms with Crippen molar-refractivity contribution in [3.05, 3.63) is 75.5 Å². The van der Waals surface area contributed by atoms with Gasteiger partial charge in [-0.25, -0.2) is 0 Å². The van der Waals surface area contributed by atoms with E-state index in [1.807, 2.05) is 18.2 Å². The second kappa shape index (κ2) is 4.86. The second-order valence-corrected chi connectivity index (χ2v) is 4.66. The zero-order valence-electron chi connectivity index (χ0n) is 11.2. The summed E-state index contributed by atoms with van der Waals surface area (Å²) in [5.74, 6) is 0.340. The number of para-hydroxylation sites is 1. The van der Waals surface area contributed by atoms with E-state index < -0.39 is 4.92 Å². The molecule has 0 saturated carbocycles. The van der Waals surface area contributed by atoms with E-state index in [9.17, 15) is 14.9 Å². The quantitative estimate of drug-likeness (QED) is 0.415. The first-order valence-electron chi connectivity index (χ1n) is 6.35. The maximum atomic E-state index is 12.6. The van der Waals surface area contributed by atoms with Crippen molar-refractivity contribution in [3.8, 4) is 0 Å². The van der Waals surface area contributed by atoms with Crippen molar-refractivity contribution >= 4 is 22.4 Å². The molecule has 0 aliphatic carbocycles. The Hall–Kier alpha value is -2.95. The van der Waals surface area contributed by atoms with Crippen molar-refractivity contribution in [2.75, 3.05) is 0 Å². The van der Waals surface area contributed by atoms with Gasteiger partial charge in [0.1, 0.15) is 11.3 Å². The summed E-state index contributed by atoms with van der Waals surface area (Å²) < 4.78 is 5.57. The van der Waals surface area contributed by atoms with Crippen molar-refractivity contribution in [2.45, 2.75) is 6.92 Å². The Kier molecular flexibility index (Phi) is 3.02. The molecule has 3 aromatic rings. The number of ketones is 1. The molecule has 1 aromatic heterocycles. The van der Waals surface area contributed by atoms with Crippen molar-refractivity contribution < 1.29 is 14.1 Å². The zero-order chi connectivity index (χ0) is 15.0. The molecule has 0 saturated heterocycles. The van der Waals surface area contributed by atoms with E-state index >= 15 is 0 Å². The molecule has 0 aliphatic heterocycles. The monoisotopic (exact) mass is 281 g/mol. The fraction of sp³-hybridized carbons (Fsp3) is 0.0625. The fourth-order valence-electron chi connectivity index (χ4n) is 2.33. The number of aryl methyl sites for hydroxylation is 1. The number of non-ortho nitro benzene ring substituents is 1. The predicted octanol–water partition coefficient (Wildman–Crippen LogP) is 3.88. The molecule has 1 heterocycles. The third kappa shape index (κ3) is 2.18. The van der Waals surface area contributed by atoms with Gasteiger partial charge in [-0.15, -0.1) is 0 Å². The van der Waals surface area contributed by atoms with Crippen LogP contribution in [0.3, 0.4) is 0 Å². The largest absolute Gasteiger partial charge is 0.461 e. The average Bonchev–Trinajstić information content (AvgIpc) is 2.82. The van der Waals surface area contributed by atoms with Crippen LogP contribution in [0.2, 0.25) is 0 Å². The van der Waals surface area contributed by atoms with Crippen LogP contribution in [0.1, 0.15) is 21.7 Å². The number of carbonyl (C=O) groups is 1. The third-order valence-electron chi connectivity index (χ3n) is 3.34. The van der Waals surface area contributed by atoms with Gasteiger partial charge in [0.05, 0.1) is 10.5 Å². The molecule has 0 atom stereocenters. The number of nitro groups is 1. The maximum Gasteiger partial charge on any atom is 0.269 e. The topological polar surface area (TPSA) is 73.3 Å². The minimum absolute atomic E-state index is 0.0414. The summed E-state index contributed by atoms with van der Waals surface area (Å²) >= 11 is 0. The van der Waals surface area contributed by atoms with Gasteiger partial charge in [0.15, 0.2) is 5.78 Å². The van der Waals surface area contributed by atoms with Gasteiger partial charge in [-0.3, -0.25) is 14.9 Å². The van der Waals surface area contributed by atoms with Crippen molar-refractivity contribution in [3.63, 3.8) is 0 Å². The Balaban J connectivity index is 2.08. The van der Waals surface area contributed by atoms with Crippen molar-refractivity contribution in [1.82, 2.24) is 0 Å². The molecule has 0 bridgehead atoms. The third-order valence-corrected chi connectivity index (χ3v) is 3.34. The Morgan fingerprint density at radius 2 is 1.76 bits per heavy atom. The van der Waals surface area contributed by atoms with Gasteiger partial charge < -0.3 is 4.42 Å². The van der Waals surface area contributed by atoms with Crippen LogP contribution in [0.25, 0.3) is 11.0 Å². The van der Waals surface area contributed by atoms with Crippen LogP contribution < -0.4 is 0 Å². The summed E-state index contributed by atoms with van der Waals surface area (Å²) in [6, 6.07) is 12.9. The zero-order valence-corrected chi connectivity index (χ0v) is 11.2. The first kappa shape index (κ1) is 13.1. The number of fused-ring (bicyclic) bond motifs is 1. The Labute approximate surface area is 120 Å². The number of rotatable bonds is 3. The molecule has 0 unspecified atom stereocenters. The molecule has 21 heavy (non-hydrogen) atoms. The SMILES string of the molecule is Cc1oc2ccccc2c1C(=O)c1ccc([N+](=O)[O-])cc1. The highest BCUT2D eigenvalue weighted by molar-refractivity contribution is 6.16. The number of carbonyl (C=O) groups excluding carboxylic acids is 1. The number of furan rings is 1. The van der Waals surface area contributed by atoms with E-state index in [0.717, 1.165) is 5.39 Å². The molecule has 5 nitrogen and oxygen atoms in total. The molecule has 0 amide bonds. The lowest BCUT2D eigenvalue weighted by molar-refractivity contribution is -0.384. The normalized spacial score (nSPS) is 10.7. The van der Waals surface area contributed by atoms with Crippen LogP contribution in [0.15, 0.2) is 52.9 Å². The maximum absolute atomic E-state index is 12.6. The van der Waals surface area contributed by atoms with E-state index in [2.05, 4.69) is 0 Å². The lowest BCUT2D eigenvalue weighted by Crippen LogP contribution is -2.02. The van der Waals surface area contributed by atoms with Crippen molar-refractivity contribution in [2.24, 2.45) is 0 Å². The van der Waals surface area contributed by atoms with Crippen LogP contribution in [-0.4, -0.2) is 10.7 Å². The molecule has 3 rings (SSSR count). The average molecular weight is 281 g/mol. The van der Waals surface area contributed by atoms with E-state index in [1.165, 1.54) is 24.3 Å². The van der Waals surface area contributed by atoms with Crippen molar-refractivity contribution in [1.29, 1.82) is 0 Å². The van der Waals surface area contributed by atoms with Crippen LogP contribution >= 0.6 is 0 Å². The molecule has 104 valence electrons. The molecular formula is C16H11NO4. The highest BCUT2D eigenvalue weighted by atomic mass is 16.6. The smallest absolute Gasteiger partial charge is 0.269 e. The highest BCUT2D eigenvalue weighted by Crippen LogP contribution is 2.27. The summed E-state index contributed by atoms with van der Waals surface area (Å²) in [4.78, 5) is 22.7. The lowest BCUT2D eigenvalue weighted by atomic mass is 10.0.